The number of amides is 4. The van der Waals surface area contributed by atoms with Gasteiger partial charge in [-0.25, -0.2) is 20.0 Å². The van der Waals surface area contributed by atoms with Crippen LogP contribution >= 0.6 is 11.3 Å². The Morgan fingerprint density at radius 1 is 1.08 bits per heavy atom. The van der Waals surface area contributed by atoms with E-state index in [2.05, 4.69) is 21.0 Å². The molecule has 0 aliphatic heterocycles. The van der Waals surface area contributed by atoms with E-state index in [1.807, 2.05) is 50.4 Å². The number of hydrazine groups is 1. The third kappa shape index (κ3) is 5.45. The molecule has 0 atom stereocenters. The van der Waals surface area contributed by atoms with Crippen molar-refractivity contribution in [1.29, 1.82) is 0 Å². The minimum atomic E-state index is -0.439. The molecule has 8 heteroatoms. The number of benzene rings is 1. The molecule has 4 amide bonds. The molecule has 0 saturated heterocycles. The van der Waals surface area contributed by atoms with Crippen LogP contribution in [0.5, 0.6) is 0 Å². The minimum absolute atomic E-state index is 0.404. The summed E-state index contributed by atoms with van der Waals surface area (Å²) in [4.78, 5) is 29.0. The van der Waals surface area contributed by atoms with E-state index in [1.54, 1.807) is 0 Å². The average Bonchev–Trinajstić information content (AvgIpc) is 3.12. The lowest BCUT2D eigenvalue weighted by molar-refractivity contribution is 0.231. The number of urea groups is 2. The van der Waals surface area contributed by atoms with Gasteiger partial charge in [-0.2, -0.15) is 5.01 Å². The summed E-state index contributed by atoms with van der Waals surface area (Å²) in [5.74, 6) is 0. The zero-order valence-corrected chi connectivity index (χ0v) is 16.2. The molecule has 0 radical (unpaired) electrons. The lowest BCUT2D eigenvalue weighted by atomic mass is 10.1. The molecule has 26 heavy (non-hydrogen) atoms. The van der Waals surface area contributed by atoms with Crippen molar-refractivity contribution in [2.75, 3.05) is 18.1 Å². The first-order valence-corrected chi connectivity index (χ1v) is 9.58. The van der Waals surface area contributed by atoms with Gasteiger partial charge < -0.3 is 10.6 Å². The van der Waals surface area contributed by atoms with E-state index >= 15 is 0 Å². The van der Waals surface area contributed by atoms with Gasteiger partial charge in [0.05, 0.1) is 5.69 Å². The van der Waals surface area contributed by atoms with Crippen LogP contribution in [0.2, 0.25) is 0 Å². The van der Waals surface area contributed by atoms with E-state index in [0.717, 1.165) is 29.1 Å². The number of rotatable bonds is 6. The summed E-state index contributed by atoms with van der Waals surface area (Å²) in [7, 11) is 0. The molecule has 0 saturated carbocycles. The summed E-state index contributed by atoms with van der Waals surface area (Å²) in [6.07, 6.45) is 1.61. The molecule has 1 heterocycles. The number of aryl methyl sites for hydroxylation is 1. The predicted octanol–water partition coefficient (Wildman–Crippen LogP) is 3.67. The maximum atomic E-state index is 12.4. The number of carbonyl (C=O) groups excluding carboxylic acids is 2. The third-order valence-electron chi connectivity index (χ3n) is 3.51. The molecule has 7 nitrogen and oxygen atoms in total. The zero-order valence-electron chi connectivity index (χ0n) is 15.3. The van der Waals surface area contributed by atoms with Crippen LogP contribution in [0.1, 0.15) is 32.3 Å². The number of hydrogen-bond acceptors (Lipinski definition) is 4. The first-order chi connectivity index (χ1) is 12.5. The summed E-state index contributed by atoms with van der Waals surface area (Å²) in [5.41, 5.74) is 5.45. The Morgan fingerprint density at radius 2 is 1.73 bits per heavy atom. The van der Waals surface area contributed by atoms with Crippen molar-refractivity contribution in [3.05, 3.63) is 35.2 Å². The van der Waals surface area contributed by atoms with Crippen LogP contribution in [0.3, 0.4) is 0 Å². The van der Waals surface area contributed by atoms with Gasteiger partial charge in [-0.05, 0) is 19.8 Å². The number of carbonyl (C=O) groups is 2. The van der Waals surface area contributed by atoms with E-state index in [1.165, 1.54) is 16.9 Å². The van der Waals surface area contributed by atoms with Crippen molar-refractivity contribution in [3.8, 4) is 11.3 Å². The number of anilines is 1. The second-order valence-electron chi connectivity index (χ2n) is 5.82. The molecule has 2 aromatic rings. The van der Waals surface area contributed by atoms with Gasteiger partial charge in [0.15, 0.2) is 0 Å². The van der Waals surface area contributed by atoms with Gasteiger partial charge in [0.1, 0.15) is 0 Å². The molecule has 2 rings (SSSR count). The van der Waals surface area contributed by atoms with Gasteiger partial charge in [0.2, 0.25) is 5.13 Å². The van der Waals surface area contributed by atoms with Crippen LogP contribution in [0, 0.1) is 6.92 Å². The SMILES string of the molecule is CCCNC(=O)NN(C(=O)NCCC)c1nc(-c2ccc(C)cc2)cs1. The lowest BCUT2D eigenvalue weighted by Crippen LogP contribution is -2.54. The highest BCUT2D eigenvalue weighted by Gasteiger charge is 2.21. The Balaban J connectivity index is 2.19. The normalized spacial score (nSPS) is 10.3. The topological polar surface area (TPSA) is 86.4 Å². The molecule has 1 aromatic heterocycles. The van der Waals surface area contributed by atoms with Gasteiger partial charge in [-0.3, -0.25) is 0 Å². The van der Waals surface area contributed by atoms with Crippen LogP contribution in [0.4, 0.5) is 14.7 Å². The number of nitrogens with zero attached hydrogens (tertiary/aromatic N) is 2. The van der Waals surface area contributed by atoms with Crippen LogP contribution in [0.15, 0.2) is 29.6 Å². The van der Waals surface area contributed by atoms with E-state index < -0.39 is 12.1 Å². The molecule has 0 spiro atoms. The van der Waals surface area contributed by atoms with Crippen LogP contribution in [-0.4, -0.2) is 30.1 Å². The van der Waals surface area contributed by atoms with Gasteiger partial charge in [-0.1, -0.05) is 43.7 Å². The van der Waals surface area contributed by atoms with Gasteiger partial charge >= 0.3 is 12.1 Å². The van der Waals surface area contributed by atoms with E-state index in [4.69, 9.17) is 0 Å². The number of hydrogen-bond donors (Lipinski definition) is 3. The Morgan fingerprint density at radius 3 is 2.38 bits per heavy atom. The van der Waals surface area contributed by atoms with Crippen LogP contribution < -0.4 is 21.1 Å². The summed E-state index contributed by atoms with van der Waals surface area (Å²) in [6.45, 7) is 6.99. The molecular formula is C18H25N5O2S. The minimum Gasteiger partial charge on any atom is -0.337 e. The molecule has 0 bridgehead atoms. The number of aromatic nitrogens is 1. The molecule has 0 unspecified atom stereocenters. The smallest absolute Gasteiger partial charge is 0.337 e. The third-order valence-corrected chi connectivity index (χ3v) is 4.33. The average molecular weight is 375 g/mol. The molecule has 0 fully saturated rings. The molecule has 0 aliphatic carbocycles. The summed E-state index contributed by atoms with van der Waals surface area (Å²) >= 11 is 1.30. The maximum absolute atomic E-state index is 12.4. The summed E-state index contributed by atoms with van der Waals surface area (Å²) in [6, 6.07) is 7.13. The van der Waals surface area contributed by atoms with E-state index in [0.29, 0.717) is 18.2 Å². The predicted molar refractivity (Wildman–Crippen MR) is 105 cm³/mol. The molecule has 140 valence electrons. The van der Waals surface area contributed by atoms with E-state index in [-0.39, 0.29) is 0 Å². The molecule has 1 aromatic carbocycles. The first kappa shape index (κ1) is 19.7. The molecule has 3 N–H and O–H groups in total. The second-order valence-corrected chi connectivity index (χ2v) is 6.65. The van der Waals surface area contributed by atoms with Crippen molar-refractivity contribution in [3.63, 3.8) is 0 Å². The van der Waals surface area contributed by atoms with Crippen molar-refractivity contribution < 1.29 is 9.59 Å². The van der Waals surface area contributed by atoms with Crippen LogP contribution in [-0.2, 0) is 0 Å². The Labute approximate surface area is 157 Å². The van der Waals surface area contributed by atoms with Crippen molar-refractivity contribution in [1.82, 2.24) is 21.0 Å². The van der Waals surface area contributed by atoms with E-state index in [9.17, 15) is 9.59 Å². The molecule has 0 aliphatic rings. The Kier molecular flexibility index (Phi) is 7.40. The fraction of sp³-hybridized carbons (Fsp3) is 0.389. The maximum Gasteiger partial charge on any atom is 0.343 e. The summed E-state index contributed by atoms with van der Waals surface area (Å²) < 4.78 is 0. The Hall–Kier alpha value is -2.61. The van der Waals surface area contributed by atoms with Crippen molar-refractivity contribution in [2.45, 2.75) is 33.6 Å². The van der Waals surface area contributed by atoms with Crippen molar-refractivity contribution in [2.24, 2.45) is 0 Å². The number of nitrogens with one attached hydrogen (secondary N) is 3. The van der Waals surface area contributed by atoms with Gasteiger partial charge in [0.25, 0.3) is 0 Å². The Bertz CT molecular complexity index is 729. The highest BCUT2D eigenvalue weighted by molar-refractivity contribution is 7.14. The quantitative estimate of drug-likeness (QED) is 0.673. The van der Waals surface area contributed by atoms with Crippen molar-refractivity contribution >= 4 is 28.5 Å². The van der Waals surface area contributed by atoms with Gasteiger partial charge in [-0.15, -0.1) is 11.3 Å². The largest absolute Gasteiger partial charge is 0.343 e. The van der Waals surface area contributed by atoms with Gasteiger partial charge in [0, 0.05) is 24.0 Å². The lowest BCUT2D eigenvalue weighted by Gasteiger charge is -2.21. The van der Waals surface area contributed by atoms with Crippen LogP contribution in [0.25, 0.3) is 11.3 Å². The highest BCUT2D eigenvalue weighted by atomic mass is 32.1. The fourth-order valence-corrected chi connectivity index (χ4v) is 2.89. The highest BCUT2D eigenvalue weighted by Crippen LogP contribution is 2.27. The zero-order chi connectivity index (χ0) is 18.9. The molecular weight excluding hydrogens is 350 g/mol. The standard InChI is InChI=1S/C18H25N5O2S/c1-4-10-19-16(24)22-23(17(25)20-11-5-2)18-21-15(12-26-18)14-8-6-13(3)7-9-14/h6-9,12H,4-5,10-11H2,1-3H3,(H,20,25)(H2,19,22,24). The second kappa shape index (κ2) is 9.76. The summed E-state index contributed by atoms with van der Waals surface area (Å²) in [5, 5.41) is 8.88. The first-order valence-electron chi connectivity index (χ1n) is 8.70. The fourth-order valence-electron chi connectivity index (χ4n) is 2.10. The monoisotopic (exact) mass is 375 g/mol. The number of thiazole rings is 1.